The molecule has 5 aliphatic heterocycles. The van der Waals surface area contributed by atoms with Crippen LogP contribution in [0.2, 0.25) is 0 Å². The second-order valence-corrected chi connectivity index (χ2v) is 25.5. The molecule has 5 fully saturated rings. The topological polar surface area (TPSA) is 100 Å². The van der Waals surface area contributed by atoms with Gasteiger partial charge in [0.1, 0.15) is 0 Å². The molecule has 0 radical (unpaired) electrons. The first-order valence-electron chi connectivity index (χ1n) is 22.1. The van der Waals surface area contributed by atoms with Crippen LogP contribution in [-0.2, 0) is 0 Å². The van der Waals surface area contributed by atoms with Gasteiger partial charge in [-0.25, -0.2) is 0 Å². The minimum absolute atomic E-state index is 0.0683. The van der Waals surface area contributed by atoms with E-state index in [1.807, 2.05) is 0 Å². The van der Waals surface area contributed by atoms with E-state index in [0.29, 0.717) is 23.9 Å². The first-order valence-corrected chi connectivity index (χ1v) is 22.1. The lowest BCUT2D eigenvalue weighted by molar-refractivity contribution is -0.327. The van der Waals surface area contributed by atoms with E-state index in [-0.39, 0.29) is 55.4 Å². The second kappa shape index (κ2) is 15.8. The highest BCUT2D eigenvalue weighted by Crippen LogP contribution is 2.53. The van der Waals surface area contributed by atoms with Crippen LogP contribution >= 0.6 is 0 Å². The quantitative estimate of drug-likeness (QED) is 0.216. The molecule has 0 bridgehead atoms. The van der Waals surface area contributed by atoms with E-state index in [9.17, 15) is 20.8 Å². The van der Waals surface area contributed by atoms with Crippen molar-refractivity contribution in [2.45, 2.75) is 270 Å². The fraction of sp³-hybridized carbons (Fsp3) is 1.00. The Bertz CT molecular complexity index is 1220. The molecule has 0 aromatic rings. The summed E-state index contributed by atoms with van der Waals surface area (Å²) in [6, 6.07) is 1.10. The van der Waals surface area contributed by atoms with Gasteiger partial charge in [-0.3, -0.25) is 4.90 Å². The van der Waals surface area contributed by atoms with E-state index >= 15 is 0 Å². The van der Waals surface area contributed by atoms with Gasteiger partial charge in [-0.05, 0) is 215 Å². The molecule has 1 unspecified atom stereocenters. The zero-order chi connectivity index (χ0) is 43.8. The molecule has 5 aliphatic rings. The lowest BCUT2D eigenvalue weighted by atomic mass is 9.63. The maximum absolute atomic E-state index is 10.9. The van der Waals surface area contributed by atoms with Gasteiger partial charge in [-0.2, -0.15) is 20.3 Å². The van der Waals surface area contributed by atoms with Crippen molar-refractivity contribution in [2.75, 3.05) is 14.1 Å². The zero-order valence-corrected chi connectivity index (χ0v) is 40.9. The number of hydrogen-bond acceptors (Lipinski definition) is 10. The lowest BCUT2D eigenvalue weighted by Gasteiger charge is -2.63. The van der Waals surface area contributed by atoms with Crippen LogP contribution in [0, 0.1) is 11.8 Å². The smallest absolute Gasteiger partial charge is 0.0505 e. The molecule has 10 heteroatoms. The van der Waals surface area contributed by atoms with Crippen LogP contribution in [0.25, 0.3) is 0 Å². The monoisotopic (exact) mass is 795 g/mol. The molecule has 5 heterocycles. The minimum Gasteiger partial charge on any atom is -0.313 e. The van der Waals surface area contributed by atoms with Crippen molar-refractivity contribution >= 4 is 0 Å². The molecule has 0 aromatic heterocycles. The summed E-state index contributed by atoms with van der Waals surface area (Å²) in [7, 11) is 4.58. The zero-order valence-electron chi connectivity index (χ0n) is 40.9. The van der Waals surface area contributed by atoms with Crippen LogP contribution in [0.3, 0.4) is 0 Å². The van der Waals surface area contributed by atoms with Gasteiger partial charge in [0, 0.05) is 61.9 Å². The van der Waals surface area contributed by atoms with Crippen LogP contribution in [0.15, 0.2) is 0 Å². The van der Waals surface area contributed by atoms with E-state index in [4.69, 9.17) is 0 Å². The molecule has 56 heavy (non-hydrogen) atoms. The predicted octanol–water partition coefficient (Wildman–Crippen LogP) is 10.3. The fourth-order valence-electron chi connectivity index (χ4n) is 13.5. The third-order valence-corrected chi connectivity index (χ3v) is 15.2. The van der Waals surface area contributed by atoms with Crippen molar-refractivity contribution in [3.8, 4) is 0 Å². The molecule has 0 amide bonds. The first-order chi connectivity index (χ1) is 24.7. The Morgan fingerprint density at radius 1 is 0.375 bits per heavy atom. The van der Waals surface area contributed by atoms with E-state index < -0.39 is 0 Å². The van der Waals surface area contributed by atoms with Gasteiger partial charge in [0.25, 0.3) is 0 Å². The Kier molecular flexibility index (Phi) is 14.1. The SMILES string of the molecule is CC1CC(C)(C)N(O)C(C)(C)C1.CC1CC(C)(C)N(O)C2(C1)CC(C)(C)N(O)C(C)(C)C2.CN(C1CC(C)(C)N(C)C(C)(C)C1)C1CC(C)(C)N(O)C(C)(C)C1. The molecule has 1 spiro atoms. The van der Waals surface area contributed by atoms with Crippen LogP contribution in [0.4, 0.5) is 0 Å². The predicted molar refractivity (Wildman–Crippen MR) is 232 cm³/mol. The van der Waals surface area contributed by atoms with Gasteiger partial charge in [0.2, 0.25) is 0 Å². The van der Waals surface area contributed by atoms with E-state index in [1.54, 1.807) is 10.1 Å². The average molecular weight is 795 g/mol. The Morgan fingerprint density at radius 3 is 0.964 bits per heavy atom. The minimum atomic E-state index is -0.337. The molecular formula is C46H94N6O4. The molecular weight excluding hydrogens is 701 g/mol. The summed E-state index contributed by atoms with van der Waals surface area (Å²) in [6.45, 7) is 43.6. The number of nitrogens with zero attached hydrogens (tertiary/aromatic N) is 6. The maximum Gasteiger partial charge on any atom is 0.0505 e. The van der Waals surface area contributed by atoms with Gasteiger partial charge in [-0.15, -0.1) is 0 Å². The largest absolute Gasteiger partial charge is 0.313 e. The molecule has 1 atom stereocenters. The summed E-state index contributed by atoms with van der Waals surface area (Å²) in [4.78, 5) is 5.18. The highest BCUT2D eigenvalue weighted by atomic mass is 16.5. The summed E-state index contributed by atoms with van der Waals surface area (Å²) in [5.41, 5.74) is -1.20. The van der Waals surface area contributed by atoms with Gasteiger partial charge in [-0.1, -0.05) is 13.8 Å². The van der Waals surface area contributed by atoms with Crippen LogP contribution in [0.1, 0.15) is 203 Å². The number of hydroxylamine groups is 8. The Labute approximate surface area is 346 Å². The summed E-state index contributed by atoms with van der Waals surface area (Å²) in [5, 5.41) is 48.1. The number of hydrogen-bond donors (Lipinski definition) is 4. The second-order valence-electron chi connectivity index (χ2n) is 25.5. The molecule has 332 valence electrons. The normalized spacial score (nSPS) is 32.9. The highest BCUT2D eigenvalue weighted by molar-refractivity contribution is 5.11. The maximum atomic E-state index is 10.9. The number of likely N-dealkylation sites (tertiary alicyclic amines) is 1. The fourth-order valence-corrected chi connectivity index (χ4v) is 13.5. The van der Waals surface area contributed by atoms with Crippen molar-refractivity contribution in [3.05, 3.63) is 0 Å². The molecule has 5 rings (SSSR count). The van der Waals surface area contributed by atoms with Crippen molar-refractivity contribution in [3.63, 3.8) is 0 Å². The van der Waals surface area contributed by atoms with Gasteiger partial charge >= 0.3 is 0 Å². The number of rotatable bonds is 2. The average Bonchev–Trinajstić information content (AvgIpc) is 2.97. The summed E-state index contributed by atoms with van der Waals surface area (Å²) in [6.07, 6.45) is 10.1. The first kappa shape index (κ1) is 50.0. The van der Waals surface area contributed by atoms with Crippen LogP contribution < -0.4 is 0 Å². The number of piperidine rings is 5. The van der Waals surface area contributed by atoms with Crippen molar-refractivity contribution < 1.29 is 20.8 Å². The Hall–Kier alpha value is -0.400. The van der Waals surface area contributed by atoms with Crippen LogP contribution in [-0.4, -0.2) is 132 Å². The van der Waals surface area contributed by atoms with Crippen molar-refractivity contribution in [1.29, 1.82) is 0 Å². The Balaban J connectivity index is 0.000000237. The van der Waals surface area contributed by atoms with Gasteiger partial charge < -0.3 is 25.7 Å². The van der Waals surface area contributed by atoms with Crippen molar-refractivity contribution in [2.24, 2.45) is 11.8 Å². The standard InChI is InChI=1S/C20H41N3O.C16H32N2O2.C10H21NO/c1-17(2)11-15(12-18(3,4)22(17)10)21(9)16-13-19(5,6)23(24)20(7,8)14-16;1-12-8-13(2,3)18(20)16(9-12)10-14(4,5)17(19)15(6,7)11-16;1-8-6-9(2,3)11(12)10(4,5)7-8/h15-16,24H,11-14H2,1-10H3;12,19-20H,8-11H2,1-7H3;8,12H,6-7H2,1-5H3. The van der Waals surface area contributed by atoms with E-state index in [2.05, 4.69) is 162 Å². The van der Waals surface area contributed by atoms with Crippen molar-refractivity contribution in [1.82, 2.24) is 30.1 Å². The third kappa shape index (κ3) is 10.4. The highest BCUT2D eigenvalue weighted by Gasteiger charge is 2.59. The summed E-state index contributed by atoms with van der Waals surface area (Å²) in [5.74, 6) is 1.30. The summed E-state index contributed by atoms with van der Waals surface area (Å²) >= 11 is 0. The Morgan fingerprint density at radius 2 is 0.625 bits per heavy atom. The lowest BCUT2D eigenvalue weighted by Crippen LogP contribution is -2.72. The van der Waals surface area contributed by atoms with E-state index in [1.165, 1.54) is 23.0 Å². The summed E-state index contributed by atoms with van der Waals surface area (Å²) < 4.78 is 0. The van der Waals surface area contributed by atoms with Gasteiger partial charge in [0.05, 0.1) is 5.54 Å². The van der Waals surface area contributed by atoms with Crippen LogP contribution in [0.5, 0.6) is 0 Å². The molecule has 0 saturated carbocycles. The molecule has 10 nitrogen and oxygen atoms in total. The third-order valence-electron chi connectivity index (χ3n) is 15.2. The molecule has 0 aromatic carbocycles. The molecule has 0 aliphatic carbocycles. The molecule has 4 N–H and O–H groups in total. The van der Waals surface area contributed by atoms with Gasteiger partial charge in [0.15, 0.2) is 0 Å². The van der Waals surface area contributed by atoms with E-state index in [0.717, 1.165) is 51.4 Å². The molecule has 5 saturated heterocycles.